The van der Waals surface area contributed by atoms with Crippen LogP contribution in [0.2, 0.25) is 5.02 Å². The van der Waals surface area contributed by atoms with E-state index in [2.05, 4.69) is 5.32 Å². The average Bonchev–Trinajstić information content (AvgIpc) is 3.04. The summed E-state index contributed by atoms with van der Waals surface area (Å²) in [4.78, 5) is 23.4. The fraction of sp³-hybridized carbons (Fsp3) is 0.176. The molecule has 120 valence electrons. The highest BCUT2D eigenvalue weighted by Gasteiger charge is 2.13. The van der Waals surface area contributed by atoms with E-state index < -0.39 is 5.97 Å². The standard InChI is InChI=1S/C17H16ClNO3S/c1-12(14-4-2-3-5-15(14)18)19-16(20)10-22-17(21)7-6-13-8-9-23-11-13/h2-9,11-12H,10H2,1H3,(H,19,20)/b7-6+/t12-/m1/s1. The zero-order valence-electron chi connectivity index (χ0n) is 12.5. The highest BCUT2D eigenvalue weighted by molar-refractivity contribution is 7.08. The third-order valence-corrected chi connectivity index (χ3v) is 4.10. The Morgan fingerprint density at radius 2 is 2.13 bits per heavy atom. The summed E-state index contributed by atoms with van der Waals surface area (Å²) in [5, 5.41) is 7.13. The summed E-state index contributed by atoms with van der Waals surface area (Å²) in [6.07, 6.45) is 2.94. The molecule has 1 heterocycles. The first-order valence-electron chi connectivity index (χ1n) is 6.97. The van der Waals surface area contributed by atoms with E-state index in [9.17, 15) is 9.59 Å². The minimum Gasteiger partial charge on any atom is -0.452 e. The fourth-order valence-electron chi connectivity index (χ4n) is 1.91. The van der Waals surface area contributed by atoms with Gasteiger partial charge in [0.2, 0.25) is 0 Å². The van der Waals surface area contributed by atoms with E-state index in [-0.39, 0.29) is 18.6 Å². The van der Waals surface area contributed by atoms with Crippen molar-refractivity contribution in [2.75, 3.05) is 6.61 Å². The number of nitrogens with one attached hydrogen (secondary N) is 1. The van der Waals surface area contributed by atoms with Gasteiger partial charge in [-0.25, -0.2) is 4.79 Å². The molecule has 1 atom stereocenters. The molecule has 2 aromatic rings. The summed E-state index contributed by atoms with van der Waals surface area (Å²) >= 11 is 7.61. The van der Waals surface area contributed by atoms with Crippen molar-refractivity contribution in [2.24, 2.45) is 0 Å². The van der Waals surface area contributed by atoms with Gasteiger partial charge in [-0.1, -0.05) is 29.8 Å². The molecule has 0 aliphatic carbocycles. The third kappa shape index (κ3) is 5.54. The van der Waals surface area contributed by atoms with Crippen LogP contribution in [0, 0.1) is 0 Å². The highest BCUT2D eigenvalue weighted by atomic mass is 35.5. The zero-order chi connectivity index (χ0) is 16.7. The van der Waals surface area contributed by atoms with Crippen molar-refractivity contribution in [2.45, 2.75) is 13.0 Å². The quantitative estimate of drug-likeness (QED) is 0.637. The van der Waals surface area contributed by atoms with Crippen LogP contribution in [-0.2, 0) is 14.3 Å². The van der Waals surface area contributed by atoms with Crippen molar-refractivity contribution in [3.63, 3.8) is 0 Å². The number of hydrogen-bond acceptors (Lipinski definition) is 4. The van der Waals surface area contributed by atoms with Gasteiger partial charge in [0.25, 0.3) is 5.91 Å². The van der Waals surface area contributed by atoms with Crippen LogP contribution in [-0.4, -0.2) is 18.5 Å². The van der Waals surface area contributed by atoms with Crippen molar-refractivity contribution >= 4 is 40.9 Å². The molecule has 0 aliphatic rings. The molecule has 1 N–H and O–H groups in total. The van der Waals surface area contributed by atoms with Crippen molar-refractivity contribution in [3.05, 3.63) is 63.3 Å². The number of carbonyl (C=O) groups is 2. The van der Waals surface area contributed by atoms with Crippen molar-refractivity contribution in [1.82, 2.24) is 5.32 Å². The van der Waals surface area contributed by atoms with Crippen LogP contribution in [0.15, 0.2) is 47.2 Å². The second kappa shape index (κ2) is 8.50. The minimum absolute atomic E-state index is 0.267. The Kier molecular flexibility index (Phi) is 6.38. The number of halogens is 1. The van der Waals surface area contributed by atoms with Crippen LogP contribution in [0.5, 0.6) is 0 Å². The van der Waals surface area contributed by atoms with Crippen molar-refractivity contribution in [3.8, 4) is 0 Å². The topological polar surface area (TPSA) is 55.4 Å². The second-order valence-corrected chi connectivity index (χ2v) is 6.00. The van der Waals surface area contributed by atoms with Gasteiger partial charge in [-0.05, 0) is 47.0 Å². The maximum atomic E-state index is 11.8. The molecule has 0 radical (unpaired) electrons. The molecule has 1 aromatic carbocycles. The summed E-state index contributed by atoms with van der Waals surface area (Å²) in [7, 11) is 0. The maximum Gasteiger partial charge on any atom is 0.331 e. The molecule has 6 heteroatoms. The van der Waals surface area contributed by atoms with Crippen LogP contribution in [0.3, 0.4) is 0 Å². The number of esters is 1. The Bertz CT molecular complexity index is 698. The van der Waals surface area contributed by atoms with Gasteiger partial charge in [0.1, 0.15) is 0 Å². The number of thiophene rings is 1. The van der Waals surface area contributed by atoms with E-state index in [1.165, 1.54) is 17.4 Å². The Hall–Kier alpha value is -2.11. The van der Waals surface area contributed by atoms with Gasteiger partial charge < -0.3 is 10.1 Å². The van der Waals surface area contributed by atoms with Gasteiger partial charge in [0, 0.05) is 11.1 Å². The molecule has 4 nitrogen and oxygen atoms in total. The van der Waals surface area contributed by atoms with Crippen LogP contribution < -0.4 is 5.32 Å². The van der Waals surface area contributed by atoms with E-state index in [1.807, 2.05) is 41.9 Å². The first kappa shape index (κ1) is 17.2. The van der Waals surface area contributed by atoms with Gasteiger partial charge in [-0.15, -0.1) is 0 Å². The summed E-state index contributed by atoms with van der Waals surface area (Å²) in [6.45, 7) is 1.49. The predicted molar refractivity (Wildman–Crippen MR) is 92.3 cm³/mol. The van der Waals surface area contributed by atoms with Gasteiger partial charge in [-0.3, -0.25) is 4.79 Å². The number of hydrogen-bond donors (Lipinski definition) is 1. The molecule has 23 heavy (non-hydrogen) atoms. The van der Waals surface area contributed by atoms with Gasteiger partial charge in [-0.2, -0.15) is 11.3 Å². The van der Waals surface area contributed by atoms with Crippen molar-refractivity contribution in [1.29, 1.82) is 0 Å². The van der Waals surface area contributed by atoms with Crippen LogP contribution in [0.25, 0.3) is 6.08 Å². The third-order valence-electron chi connectivity index (χ3n) is 3.05. The average molecular weight is 350 g/mol. The van der Waals surface area contributed by atoms with Gasteiger partial charge >= 0.3 is 5.97 Å². The Balaban J connectivity index is 1.78. The molecule has 0 bridgehead atoms. The first-order chi connectivity index (χ1) is 11.1. The highest BCUT2D eigenvalue weighted by Crippen LogP contribution is 2.21. The van der Waals surface area contributed by atoms with Crippen LogP contribution in [0.4, 0.5) is 0 Å². The summed E-state index contributed by atoms with van der Waals surface area (Å²) in [5.74, 6) is -0.938. The van der Waals surface area contributed by atoms with E-state index >= 15 is 0 Å². The molecular weight excluding hydrogens is 334 g/mol. The van der Waals surface area contributed by atoms with E-state index in [1.54, 1.807) is 12.1 Å². The number of carbonyl (C=O) groups excluding carboxylic acids is 2. The predicted octanol–water partition coefficient (Wildman–Crippen LogP) is 3.84. The number of benzene rings is 1. The summed E-state index contributed by atoms with van der Waals surface area (Å²) in [6, 6.07) is 8.88. The normalized spacial score (nSPS) is 12.1. The zero-order valence-corrected chi connectivity index (χ0v) is 14.1. The Morgan fingerprint density at radius 3 is 2.83 bits per heavy atom. The lowest BCUT2D eigenvalue weighted by atomic mass is 10.1. The lowest BCUT2D eigenvalue weighted by molar-refractivity contribution is -0.144. The fourth-order valence-corrected chi connectivity index (χ4v) is 2.83. The number of ether oxygens (including phenoxy) is 1. The molecule has 0 saturated carbocycles. The maximum absolute atomic E-state index is 11.8. The van der Waals surface area contributed by atoms with Gasteiger partial charge in [0.15, 0.2) is 6.61 Å². The Morgan fingerprint density at radius 1 is 1.35 bits per heavy atom. The summed E-state index contributed by atoms with van der Waals surface area (Å²) < 4.78 is 4.90. The minimum atomic E-state index is -0.559. The smallest absolute Gasteiger partial charge is 0.331 e. The molecule has 0 fully saturated rings. The second-order valence-electron chi connectivity index (χ2n) is 4.81. The molecule has 1 amide bonds. The molecule has 0 unspecified atom stereocenters. The molecular formula is C17H16ClNO3S. The lowest BCUT2D eigenvalue weighted by Gasteiger charge is -2.15. The lowest BCUT2D eigenvalue weighted by Crippen LogP contribution is -2.31. The van der Waals surface area contributed by atoms with Crippen LogP contribution >= 0.6 is 22.9 Å². The molecule has 2 rings (SSSR count). The van der Waals surface area contributed by atoms with Crippen molar-refractivity contribution < 1.29 is 14.3 Å². The molecule has 0 aliphatic heterocycles. The SMILES string of the molecule is C[C@@H](NC(=O)COC(=O)/C=C/c1ccsc1)c1ccccc1Cl. The molecule has 1 aromatic heterocycles. The van der Waals surface area contributed by atoms with E-state index in [0.29, 0.717) is 5.02 Å². The molecule has 0 spiro atoms. The number of amides is 1. The molecule has 0 saturated heterocycles. The Labute approximate surface area is 143 Å². The first-order valence-corrected chi connectivity index (χ1v) is 8.29. The van der Waals surface area contributed by atoms with E-state index in [4.69, 9.17) is 16.3 Å². The van der Waals surface area contributed by atoms with Crippen LogP contribution in [0.1, 0.15) is 24.1 Å². The largest absolute Gasteiger partial charge is 0.452 e. The summed E-state index contributed by atoms with van der Waals surface area (Å²) in [5.41, 5.74) is 1.73. The van der Waals surface area contributed by atoms with E-state index in [0.717, 1.165) is 11.1 Å². The van der Waals surface area contributed by atoms with Gasteiger partial charge in [0.05, 0.1) is 6.04 Å². The monoisotopic (exact) mass is 349 g/mol. The number of rotatable bonds is 6.